The predicted molar refractivity (Wildman–Crippen MR) is 68.2 cm³/mol. The Morgan fingerprint density at radius 1 is 1.26 bits per heavy atom. The number of hydrogen-bond acceptors (Lipinski definition) is 3. The Kier molecular flexibility index (Phi) is 3.00. The van der Waals surface area contributed by atoms with E-state index >= 15 is 0 Å². The third kappa shape index (κ3) is 2.11. The van der Waals surface area contributed by atoms with Crippen molar-refractivity contribution in [3.05, 3.63) is 18.0 Å². The third-order valence-corrected chi connectivity index (χ3v) is 3.97. The fourth-order valence-corrected chi connectivity index (χ4v) is 2.99. The lowest BCUT2D eigenvalue weighted by Crippen LogP contribution is -2.41. The van der Waals surface area contributed by atoms with Crippen molar-refractivity contribution in [1.29, 1.82) is 0 Å². The van der Waals surface area contributed by atoms with Gasteiger partial charge in [-0.3, -0.25) is 14.4 Å². The van der Waals surface area contributed by atoms with E-state index in [4.69, 9.17) is 0 Å². The van der Waals surface area contributed by atoms with Crippen molar-refractivity contribution in [2.24, 2.45) is 7.05 Å². The summed E-state index contributed by atoms with van der Waals surface area (Å²) in [5.41, 5.74) is 0.749. The van der Waals surface area contributed by atoms with Crippen molar-refractivity contribution in [1.82, 2.24) is 20.0 Å². The smallest absolute Gasteiger partial charge is 0.322 e. The Bertz CT molecular complexity index is 504. The first-order chi connectivity index (χ1) is 9.16. The summed E-state index contributed by atoms with van der Waals surface area (Å²) in [7, 11) is 1.80. The average molecular weight is 262 g/mol. The molecule has 0 radical (unpaired) electrons. The first-order valence-corrected chi connectivity index (χ1v) is 6.79. The molecule has 3 rings (SSSR count). The van der Waals surface area contributed by atoms with Crippen LogP contribution < -0.4 is 5.32 Å². The molecule has 0 bridgehead atoms. The molecule has 1 N–H and O–H groups in total. The lowest BCUT2D eigenvalue weighted by atomic mass is 9.94. The zero-order chi connectivity index (χ0) is 13.4. The molecule has 6 heteroatoms. The third-order valence-electron chi connectivity index (χ3n) is 3.97. The number of aromatic nitrogens is 2. The van der Waals surface area contributed by atoms with Gasteiger partial charge in [-0.1, -0.05) is 19.3 Å². The second kappa shape index (κ2) is 4.68. The maximum Gasteiger partial charge on any atom is 0.325 e. The van der Waals surface area contributed by atoms with Crippen LogP contribution in [0, 0.1) is 0 Å². The number of hydrogen-bond donors (Lipinski definition) is 1. The minimum Gasteiger partial charge on any atom is -0.322 e. The number of carbonyl (C=O) groups excluding carboxylic acids is 2. The van der Waals surface area contributed by atoms with Crippen molar-refractivity contribution < 1.29 is 9.59 Å². The summed E-state index contributed by atoms with van der Waals surface area (Å²) in [5.74, 6) is -0.134. The molecule has 6 nitrogen and oxygen atoms in total. The minimum atomic E-state index is -0.567. The van der Waals surface area contributed by atoms with Gasteiger partial charge in [0.25, 0.3) is 5.91 Å². The molecular formula is C13H18N4O2. The van der Waals surface area contributed by atoms with Crippen molar-refractivity contribution in [3.63, 3.8) is 0 Å². The number of imide groups is 1. The highest BCUT2D eigenvalue weighted by atomic mass is 16.2. The van der Waals surface area contributed by atoms with E-state index in [0.29, 0.717) is 0 Å². The van der Waals surface area contributed by atoms with E-state index in [1.54, 1.807) is 24.1 Å². The van der Waals surface area contributed by atoms with Crippen LogP contribution in [0.4, 0.5) is 4.79 Å². The molecule has 1 saturated carbocycles. The van der Waals surface area contributed by atoms with Crippen LogP contribution in [-0.4, -0.2) is 32.7 Å². The van der Waals surface area contributed by atoms with E-state index in [2.05, 4.69) is 10.4 Å². The number of aryl methyl sites for hydroxylation is 1. The molecule has 3 amide bonds. The molecule has 19 heavy (non-hydrogen) atoms. The zero-order valence-electron chi connectivity index (χ0n) is 11.0. The van der Waals surface area contributed by atoms with E-state index in [9.17, 15) is 9.59 Å². The van der Waals surface area contributed by atoms with Gasteiger partial charge in [-0.15, -0.1) is 0 Å². The molecule has 2 fully saturated rings. The number of carbonyl (C=O) groups is 2. The standard InChI is InChI=1S/C13H18N4O2/c1-16-8-9(7-14-16)11-12(18)17(13(19)15-11)10-5-3-2-4-6-10/h7-8,10-11H,2-6H2,1H3,(H,15,19). The summed E-state index contributed by atoms with van der Waals surface area (Å²) in [4.78, 5) is 25.9. The zero-order valence-corrected chi connectivity index (χ0v) is 11.0. The van der Waals surface area contributed by atoms with Gasteiger partial charge < -0.3 is 5.32 Å². The lowest BCUT2D eigenvalue weighted by Gasteiger charge is -2.28. The highest BCUT2D eigenvalue weighted by Crippen LogP contribution is 2.29. The van der Waals surface area contributed by atoms with Crippen molar-refractivity contribution in [2.75, 3.05) is 0 Å². The summed E-state index contributed by atoms with van der Waals surface area (Å²) in [6.45, 7) is 0. The fraction of sp³-hybridized carbons (Fsp3) is 0.615. The van der Waals surface area contributed by atoms with Crippen molar-refractivity contribution in [2.45, 2.75) is 44.2 Å². The van der Waals surface area contributed by atoms with E-state index in [1.165, 1.54) is 11.3 Å². The number of nitrogens with zero attached hydrogens (tertiary/aromatic N) is 3. The molecule has 2 aliphatic rings. The second-order valence-corrected chi connectivity index (χ2v) is 5.33. The summed E-state index contributed by atoms with van der Waals surface area (Å²) in [6.07, 6.45) is 8.66. The normalized spacial score (nSPS) is 24.9. The SMILES string of the molecule is Cn1cc(C2NC(=O)N(C3CCCCC3)C2=O)cn1. The van der Waals surface area contributed by atoms with Crippen LogP contribution in [0.25, 0.3) is 0 Å². The largest absolute Gasteiger partial charge is 0.325 e. The van der Waals surface area contributed by atoms with Crippen LogP contribution in [0.5, 0.6) is 0 Å². The van der Waals surface area contributed by atoms with E-state index in [0.717, 1.165) is 31.2 Å². The van der Waals surface area contributed by atoms with Crippen molar-refractivity contribution >= 4 is 11.9 Å². The van der Waals surface area contributed by atoms with Gasteiger partial charge in [-0.2, -0.15) is 5.10 Å². The first-order valence-electron chi connectivity index (χ1n) is 6.79. The number of nitrogens with one attached hydrogen (secondary N) is 1. The van der Waals surface area contributed by atoms with Crippen LogP contribution in [-0.2, 0) is 11.8 Å². The van der Waals surface area contributed by atoms with Crippen LogP contribution in [0.2, 0.25) is 0 Å². The average Bonchev–Trinajstić information content (AvgIpc) is 2.95. The van der Waals surface area contributed by atoms with Gasteiger partial charge in [0.05, 0.1) is 6.20 Å². The van der Waals surface area contributed by atoms with Crippen LogP contribution in [0.3, 0.4) is 0 Å². The summed E-state index contributed by atoms with van der Waals surface area (Å²) >= 11 is 0. The van der Waals surface area contributed by atoms with Gasteiger partial charge in [0.15, 0.2) is 0 Å². The highest BCUT2D eigenvalue weighted by molar-refractivity contribution is 6.04. The summed E-state index contributed by atoms with van der Waals surface area (Å²) in [6, 6.07) is -0.753. The van der Waals surface area contributed by atoms with E-state index in [-0.39, 0.29) is 18.0 Å². The van der Waals surface area contributed by atoms with E-state index in [1.807, 2.05) is 0 Å². The Balaban J connectivity index is 1.80. The second-order valence-electron chi connectivity index (χ2n) is 5.33. The molecule has 1 aromatic heterocycles. The number of rotatable bonds is 2. The van der Waals surface area contributed by atoms with Gasteiger partial charge in [0.1, 0.15) is 6.04 Å². The van der Waals surface area contributed by atoms with Gasteiger partial charge in [-0.25, -0.2) is 4.79 Å². The van der Waals surface area contributed by atoms with Gasteiger partial charge in [0, 0.05) is 24.8 Å². The molecule has 1 unspecified atom stereocenters. The van der Waals surface area contributed by atoms with Gasteiger partial charge >= 0.3 is 6.03 Å². The Labute approximate surface area is 111 Å². The topological polar surface area (TPSA) is 67.2 Å². The molecule has 1 aromatic rings. The molecule has 1 aliphatic carbocycles. The molecule has 2 heterocycles. The minimum absolute atomic E-state index is 0.0721. The van der Waals surface area contributed by atoms with Gasteiger partial charge in [-0.05, 0) is 12.8 Å². The Morgan fingerprint density at radius 2 is 2.00 bits per heavy atom. The van der Waals surface area contributed by atoms with Crippen LogP contribution in [0.15, 0.2) is 12.4 Å². The maximum absolute atomic E-state index is 12.4. The first kappa shape index (κ1) is 12.2. The lowest BCUT2D eigenvalue weighted by molar-refractivity contribution is -0.129. The summed E-state index contributed by atoms with van der Waals surface area (Å²) in [5, 5.41) is 6.82. The predicted octanol–water partition coefficient (Wildman–Crippen LogP) is 1.35. The summed E-state index contributed by atoms with van der Waals surface area (Å²) < 4.78 is 1.64. The monoisotopic (exact) mass is 262 g/mol. The number of urea groups is 1. The Morgan fingerprint density at radius 3 is 2.63 bits per heavy atom. The van der Waals surface area contributed by atoms with Crippen LogP contribution >= 0.6 is 0 Å². The maximum atomic E-state index is 12.4. The molecule has 1 aliphatic heterocycles. The highest BCUT2D eigenvalue weighted by Gasteiger charge is 2.43. The quantitative estimate of drug-likeness (QED) is 0.818. The molecule has 102 valence electrons. The number of amides is 3. The van der Waals surface area contributed by atoms with Crippen LogP contribution in [0.1, 0.15) is 43.7 Å². The molecule has 0 spiro atoms. The van der Waals surface area contributed by atoms with Crippen molar-refractivity contribution in [3.8, 4) is 0 Å². The van der Waals surface area contributed by atoms with Gasteiger partial charge in [0.2, 0.25) is 0 Å². The molecule has 0 aromatic carbocycles. The fourth-order valence-electron chi connectivity index (χ4n) is 2.99. The molecular weight excluding hydrogens is 244 g/mol. The molecule has 1 saturated heterocycles. The Hall–Kier alpha value is -1.85. The van der Waals surface area contributed by atoms with E-state index < -0.39 is 6.04 Å². The molecule has 1 atom stereocenters.